The lowest BCUT2D eigenvalue weighted by atomic mass is 9.99. The van der Waals surface area contributed by atoms with Gasteiger partial charge in [0.25, 0.3) is 0 Å². The van der Waals surface area contributed by atoms with Gasteiger partial charge in [-0.05, 0) is 0 Å². The Morgan fingerprint density at radius 2 is 0.930 bits per heavy atom. The average Bonchev–Trinajstić information content (AvgIpc) is 2.86. The topological polar surface area (TPSA) is 203 Å². The number of hydrogen-bond acceptors (Lipinski definition) is 17. The number of thioether (sulfide) groups is 1. The van der Waals surface area contributed by atoms with Gasteiger partial charge in [0.2, 0.25) is 0 Å². The molecule has 0 unspecified atom stereocenters. The minimum Gasteiger partial charge on any atom is -0.463 e. The van der Waals surface area contributed by atoms with Crippen LogP contribution in [0, 0.1) is 0 Å². The SMILES string of the molecule is CC(=O)OC[C@H]1OC[C@@H](S[C@@H]2O[C@H](COC(C)=O)[C@@H](OC(C)=O)[C@H](OC(C)=O)[C@H]2OC(C)=O)[C@@H](OC(C)=O)[C@H]1OC(C)=O. The standard InChI is InChI=1S/C26H36O16S/c1-11(27)34-8-18-21(37-13(3)29)23(39-15(5)31)20(10-36-18)43-26-25(41-17(7)33)24(40-16(6)32)22(38-14(4)30)19(42-26)9-35-12(2)28/h18-26H,8-10H2,1-7H3/t18-,19-,20-,21+,22-,23-,24+,25-,26+/m1/s1. The number of rotatable bonds is 11. The molecule has 0 saturated carbocycles. The fourth-order valence-electron chi connectivity index (χ4n) is 4.43. The molecule has 2 saturated heterocycles. The largest absolute Gasteiger partial charge is 0.463 e. The highest BCUT2D eigenvalue weighted by molar-refractivity contribution is 8.00. The summed E-state index contributed by atoms with van der Waals surface area (Å²) in [6.07, 6.45) is -8.83. The smallest absolute Gasteiger partial charge is 0.303 e. The zero-order valence-corrected chi connectivity index (χ0v) is 25.6. The molecule has 0 aliphatic carbocycles. The van der Waals surface area contributed by atoms with E-state index in [1.165, 1.54) is 6.92 Å². The second-order valence-electron chi connectivity index (χ2n) is 9.56. The van der Waals surface area contributed by atoms with Gasteiger partial charge in [0.15, 0.2) is 30.5 Å². The summed E-state index contributed by atoms with van der Waals surface area (Å²) in [5.41, 5.74) is -1.23. The van der Waals surface area contributed by atoms with Gasteiger partial charge in [-0.25, -0.2) is 0 Å². The van der Waals surface area contributed by atoms with Crippen LogP contribution in [0.1, 0.15) is 48.5 Å². The monoisotopic (exact) mass is 636 g/mol. The normalized spacial score (nSPS) is 30.2. The van der Waals surface area contributed by atoms with Crippen molar-refractivity contribution in [3.8, 4) is 0 Å². The van der Waals surface area contributed by atoms with Crippen molar-refractivity contribution in [2.75, 3.05) is 19.8 Å². The third kappa shape index (κ3) is 11.3. The summed E-state index contributed by atoms with van der Waals surface area (Å²) in [6, 6.07) is 0. The van der Waals surface area contributed by atoms with Gasteiger partial charge >= 0.3 is 41.8 Å². The van der Waals surface area contributed by atoms with Crippen molar-refractivity contribution in [2.24, 2.45) is 0 Å². The molecule has 0 aromatic rings. The lowest BCUT2D eigenvalue weighted by molar-refractivity contribution is -0.237. The lowest BCUT2D eigenvalue weighted by Gasteiger charge is -2.46. The minimum atomic E-state index is -1.42. The van der Waals surface area contributed by atoms with Crippen LogP contribution in [-0.2, 0) is 76.2 Å². The van der Waals surface area contributed by atoms with Crippen LogP contribution >= 0.6 is 11.8 Å². The molecule has 0 bridgehead atoms. The molecule has 0 spiro atoms. The molecule has 242 valence electrons. The fourth-order valence-corrected chi connectivity index (χ4v) is 5.87. The summed E-state index contributed by atoms with van der Waals surface area (Å²) in [5.74, 6) is -5.17. The Morgan fingerprint density at radius 1 is 0.535 bits per heavy atom. The molecular formula is C26H36O16S. The molecule has 2 heterocycles. The summed E-state index contributed by atoms with van der Waals surface area (Å²) in [7, 11) is 0. The highest BCUT2D eigenvalue weighted by Crippen LogP contribution is 2.40. The third-order valence-corrected chi connectivity index (χ3v) is 7.24. The van der Waals surface area contributed by atoms with Gasteiger partial charge in [-0.15, -0.1) is 11.8 Å². The van der Waals surface area contributed by atoms with E-state index < -0.39 is 102 Å². The maximum absolute atomic E-state index is 12.2. The van der Waals surface area contributed by atoms with Gasteiger partial charge in [0.05, 0.1) is 11.9 Å². The van der Waals surface area contributed by atoms with Crippen LogP contribution in [0.3, 0.4) is 0 Å². The second-order valence-corrected chi connectivity index (χ2v) is 10.9. The van der Waals surface area contributed by atoms with Crippen molar-refractivity contribution in [3.05, 3.63) is 0 Å². The first kappa shape index (κ1) is 35.8. The quantitative estimate of drug-likeness (QED) is 0.216. The van der Waals surface area contributed by atoms with E-state index in [0.29, 0.717) is 0 Å². The van der Waals surface area contributed by atoms with E-state index in [4.69, 9.17) is 42.6 Å². The Hall–Kier alpha value is -3.44. The molecule has 2 rings (SSSR count). The van der Waals surface area contributed by atoms with Gasteiger partial charge in [0, 0.05) is 48.5 Å². The Kier molecular flexibility index (Phi) is 13.7. The van der Waals surface area contributed by atoms with Gasteiger partial charge < -0.3 is 42.6 Å². The molecule has 0 amide bonds. The molecule has 0 aromatic carbocycles. The summed E-state index contributed by atoms with van der Waals surface area (Å²) in [5, 5.41) is -0.873. The number of carbonyl (C=O) groups excluding carboxylic acids is 7. The van der Waals surface area contributed by atoms with Crippen LogP contribution in [0.5, 0.6) is 0 Å². The zero-order chi connectivity index (χ0) is 32.4. The van der Waals surface area contributed by atoms with Crippen LogP contribution in [0.2, 0.25) is 0 Å². The van der Waals surface area contributed by atoms with Crippen molar-refractivity contribution in [2.45, 2.75) is 102 Å². The molecule has 9 atom stereocenters. The number of esters is 7. The average molecular weight is 637 g/mol. The van der Waals surface area contributed by atoms with E-state index >= 15 is 0 Å². The van der Waals surface area contributed by atoms with Crippen molar-refractivity contribution >= 4 is 53.5 Å². The maximum atomic E-state index is 12.2. The molecule has 2 fully saturated rings. The predicted molar refractivity (Wildman–Crippen MR) is 141 cm³/mol. The molecule has 16 nitrogen and oxygen atoms in total. The summed E-state index contributed by atoms with van der Waals surface area (Å²) in [4.78, 5) is 83.4. The molecular weight excluding hydrogens is 600 g/mol. The Balaban J connectivity index is 2.53. The maximum Gasteiger partial charge on any atom is 0.303 e. The number of hydrogen-bond donors (Lipinski definition) is 0. The first-order valence-electron chi connectivity index (χ1n) is 13.1. The highest BCUT2D eigenvalue weighted by atomic mass is 32.2. The molecule has 0 aromatic heterocycles. The second kappa shape index (κ2) is 16.4. The van der Waals surface area contributed by atoms with Crippen molar-refractivity contribution in [3.63, 3.8) is 0 Å². The number of carbonyl (C=O) groups is 7. The van der Waals surface area contributed by atoms with E-state index in [0.717, 1.165) is 53.3 Å². The first-order chi connectivity index (χ1) is 20.1. The lowest BCUT2D eigenvalue weighted by Crippen LogP contribution is -2.63. The Labute approximate surface area is 251 Å². The van der Waals surface area contributed by atoms with E-state index in [1.807, 2.05) is 0 Å². The van der Waals surface area contributed by atoms with Crippen molar-refractivity contribution in [1.82, 2.24) is 0 Å². The van der Waals surface area contributed by atoms with Gasteiger partial charge in [-0.1, -0.05) is 0 Å². The number of ether oxygens (including phenoxy) is 9. The van der Waals surface area contributed by atoms with Crippen molar-refractivity contribution in [1.29, 1.82) is 0 Å². The summed E-state index contributed by atoms with van der Waals surface area (Å²) < 4.78 is 49.4. The van der Waals surface area contributed by atoms with Gasteiger partial charge in [0.1, 0.15) is 30.9 Å². The van der Waals surface area contributed by atoms with Gasteiger partial charge in [-0.3, -0.25) is 33.6 Å². The van der Waals surface area contributed by atoms with Crippen LogP contribution in [-0.4, -0.2) is 115 Å². The molecule has 17 heteroatoms. The zero-order valence-electron chi connectivity index (χ0n) is 24.8. The van der Waals surface area contributed by atoms with Crippen LogP contribution in [0.25, 0.3) is 0 Å². The molecule has 43 heavy (non-hydrogen) atoms. The summed E-state index contributed by atoms with van der Waals surface area (Å²) >= 11 is 0.916. The van der Waals surface area contributed by atoms with E-state index in [1.54, 1.807) is 0 Å². The van der Waals surface area contributed by atoms with Crippen LogP contribution < -0.4 is 0 Å². The molecule has 0 N–H and O–H groups in total. The van der Waals surface area contributed by atoms with Gasteiger partial charge in [-0.2, -0.15) is 0 Å². The van der Waals surface area contributed by atoms with E-state index in [2.05, 4.69) is 0 Å². The van der Waals surface area contributed by atoms with Crippen molar-refractivity contribution < 1.29 is 76.2 Å². The third-order valence-electron chi connectivity index (χ3n) is 5.84. The highest BCUT2D eigenvalue weighted by Gasteiger charge is 2.55. The van der Waals surface area contributed by atoms with Crippen LogP contribution in [0.4, 0.5) is 0 Å². The molecule has 0 radical (unpaired) electrons. The first-order valence-corrected chi connectivity index (χ1v) is 14.1. The summed E-state index contributed by atoms with van der Waals surface area (Å²) in [6.45, 7) is 6.95. The van der Waals surface area contributed by atoms with E-state index in [9.17, 15) is 33.6 Å². The Morgan fingerprint density at radius 3 is 1.40 bits per heavy atom. The molecule has 2 aliphatic rings. The fraction of sp³-hybridized carbons (Fsp3) is 0.731. The van der Waals surface area contributed by atoms with E-state index in [-0.39, 0.29) is 13.2 Å². The molecule has 2 aliphatic heterocycles. The predicted octanol–water partition coefficient (Wildman–Crippen LogP) is -0.00340. The van der Waals surface area contributed by atoms with Crippen LogP contribution in [0.15, 0.2) is 0 Å². The minimum absolute atomic E-state index is 0.167. The Bertz CT molecular complexity index is 1060.